The molecular formula is C12H23ClN4O. The van der Waals surface area contributed by atoms with Gasteiger partial charge in [-0.25, -0.2) is 0 Å². The van der Waals surface area contributed by atoms with Crippen molar-refractivity contribution in [1.82, 2.24) is 20.4 Å². The second-order valence-corrected chi connectivity index (χ2v) is 5.79. The summed E-state index contributed by atoms with van der Waals surface area (Å²) in [6, 6.07) is 0.528. The lowest BCUT2D eigenvalue weighted by Crippen LogP contribution is -2.49. The molecule has 2 heterocycles. The lowest BCUT2D eigenvalue weighted by atomic mass is 9.97. The maximum atomic E-state index is 5.30. The van der Waals surface area contributed by atoms with Crippen molar-refractivity contribution in [2.75, 3.05) is 19.6 Å². The van der Waals surface area contributed by atoms with Gasteiger partial charge in [-0.1, -0.05) is 25.9 Å². The summed E-state index contributed by atoms with van der Waals surface area (Å²) in [5.41, 5.74) is -0.0691. The Morgan fingerprint density at radius 1 is 1.44 bits per heavy atom. The molecule has 1 saturated heterocycles. The third-order valence-corrected chi connectivity index (χ3v) is 3.09. The van der Waals surface area contributed by atoms with Gasteiger partial charge in [0.15, 0.2) is 5.82 Å². The lowest BCUT2D eigenvalue weighted by molar-refractivity contribution is 0.160. The molecule has 18 heavy (non-hydrogen) atoms. The minimum atomic E-state index is -0.0691. The third-order valence-electron chi connectivity index (χ3n) is 3.09. The number of nitrogens with one attached hydrogen (secondary N) is 1. The molecule has 0 aromatic carbocycles. The molecule has 0 spiro atoms. The average molecular weight is 275 g/mol. The predicted molar refractivity (Wildman–Crippen MR) is 73.0 cm³/mol. The Labute approximate surface area is 115 Å². The summed E-state index contributed by atoms with van der Waals surface area (Å²) in [6.07, 6.45) is 0. The first kappa shape index (κ1) is 15.4. The zero-order valence-corrected chi connectivity index (χ0v) is 12.4. The van der Waals surface area contributed by atoms with E-state index in [1.54, 1.807) is 0 Å². The summed E-state index contributed by atoms with van der Waals surface area (Å²) >= 11 is 0. The molecule has 1 aliphatic rings. The smallest absolute Gasteiger partial charge is 0.232 e. The van der Waals surface area contributed by atoms with Crippen LogP contribution in [0.5, 0.6) is 0 Å². The lowest BCUT2D eigenvalue weighted by Gasteiger charge is -2.32. The Hall–Kier alpha value is -0.650. The number of hydrogen-bond donors (Lipinski definition) is 1. The monoisotopic (exact) mass is 274 g/mol. The van der Waals surface area contributed by atoms with Gasteiger partial charge in [0.2, 0.25) is 5.89 Å². The van der Waals surface area contributed by atoms with Gasteiger partial charge in [0.05, 0.1) is 6.54 Å². The number of halogens is 1. The first-order valence-corrected chi connectivity index (χ1v) is 6.24. The van der Waals surface area contributed by atoms with Gasteiger partial charge in [-0.15, -0.1) is 12.4 Å². The van der Waals surface area contributed by atoms with Gasteiger partial charge in [0, 0.05) is 31.1 Å². The molecule has 1 aromatic heterocycles. The van der Waals surface area contributed by atoms with E-state index in [9.17, 15) is 0 Å². The van der Waals surface area contributed by atoms with Crippen molar-refractivity contribution >= 4 is 12.4 Å². The van der Waals surface area contributed by atoms with E-state index in [-0.39, 0.29) is 17.8 Å². The maximum absolute atomic E-state index is 5.30. The fraction of sp³-hybridized carbons (Fsp3) is 0.833. The van der Waals surface area contributed by atoms with Crippen LogP contribution >= 0.6 is 12.4 Å². The first-order chi connectivity index (χ1) is 7.97. The van der Waals surface area contributed by atoms with Crippen molar-refractivity contribution in [3.63, 3.8) is 0 Å². The normalized spacial score (nSPS) is 21.7. The molecule has 0 aliphatic carbocycles. The highest BCUT2D eigenvalue weighted by atomic mass is 35.5. The van der Waals surface area contributed by atoms with Gasteiger partial charge in [-0.3, -0.25) is 4.90 Å². The van der Waals surface area contributed by atoms with Gasteiger partial charge >= 0.3 is 0 Å². The first-order valence-electron chi connectivity index (χ1n) is 6.24. The van der Waals surface area contributed by atoms with Gasteiger partial charge in [-0.05, 0) is 6.92 Å². The Morgan fingerprint density at radius 2 is 2.17 bits per heavy atom. The van der Waals surface area contributed by atoms with Gasteiger partial charge in [0.25, 0.3) is 0 Å². The summed E-state index contributed by atoms with van der Waals surface area (Å²) in [6.45, 7) is 12.4. The van der Waals surface area contributed by atoms with E-state index in [1.807, 2.05) is 0 Å². The molecule has 0 bridgehead atoms. The topological polar surface area (TPSA) is 54.2 Å². The molecule has 1 aliphatic heterocycles. The zero-order valence-electron chi connectivity index (χ0n) is 11.6. The molecule has 5 nitrogen and oxygen atoms in total. The Morgan fingerprint density at radius 3 is 2.72 bits per heavy atom. The van der Waals surface area contributed by atoms with Crippen LogP contribution in [0, 0.1) is 0 Å². The van der Waals surface area contributed by atoms with Crippen LogP contribution in [0.4, 0.5) is 0 Å². The second-order valence-electron chi connectivity index (χ2n) is 5.79. The quantitative estimate of drug-likeness (QED) is 0.887. The molecule has 2 rings (SSSR count). The van der Waals surface area contributed by atoms with E-state index in [4.69, 9.17) is 4.52 Å². The van der Waals surface area contributed by atoms with Crippen molar-refractivity contribution in [2.24, 2.45) is 0 Å². The molecule has 0 radical (unpaired) electrons. The SMILES string of the molecule is C[C@H]1CNCCN1Cc1noc(C(C)(C)C)n1.Cl. The second kappa shape index (κ2) is 5.99. The number of rotatable bonds is 2. The van der Waals surface area contributed by atoms with E-state index in [2.05, 4.69) is 48.1 Å². The summed E-state index contributed by atoms with van der Waals surface area (Å²) in [5, 5.41) is 7.44. The van der Waals surface area contributed by atoms with Crippen molar-refractivity contribution in [2.45, 2.75) is 45.7 Å². The Balaban J connectivity index is 0.00000162. The molecule has 1 fully saturated rings. The Bertz CT molecular complexity index is 374. The van der Waals surface area contributed by atoms with Crippen LogP contribution in [0.25, 0.3) is 0 Å². The summed E-state index contributed by atoms with van der Waals surface area (Å²) in [7, 11) is 0. The third kappa shape index (κ3) is 3.67. The van der Waals surface area contributed by atoms with Crippen molar-refractivity contribution in [1.29, 1.82) is 0 Å². The van der Waals surface area contributed by atoms with Gasteiger partial charge in [0.1, 0.15) is 0 Å². The summed E-state index contributed by atoms with van der Waals surface area (Å²) in [4.78, 5) is 6.85. The van der Waals surface area contributed by atoms with Crippen LogP contribution in [-0.2, 0) is 12.0 Å². The number of hydrogen-bond acceptors (Lipinski definition) is 5. The van der Waals surface area contributed by atoms with Gasteiger partial charge in [-0.2, -0.15) is 4.98 Å². The van der Waals surface area contributed by atoms with Crippen LogP contribution in [-0.4, -0.2) is 40.7 Å². The van der Waals surface area contributed by atoms with Crippen molar-refractivity contribution in [3.8, 4) is 0 Å². The van der Waals surface area contributed by atoms with E-state index in [1.165, 1.54) is 0 Å². The maximum Gasteiger partial charge on any atom is 0.232 e. The number of nitrogens with zero attached hydrogens (tertiary/aromatic N) is 3. The minimum absolute atomic E-state index is 0. The molecule has 6 heteroatoms. The average Bonchev–Trinajstić information content (AvgIpc) is 2.69. The number of piperazine rings is 1. The molecular weight excluding hydrogens is 252 g/mol. The van der Waals surface area contributed by atoms with Crippen LogP contribution in [0.2, 0.25) is 0 Å². The Kier molecular flexibility index (Phi) is 5.13. The zero-order chi connectivity index (χ0) is 12.5. The fourth-order valence-electron chi connectivity index (χ4n) is 1.92. The minimum Gasteiger partial charge on any atom is -0.339 e. The number of aromatic nitrogens is 2. The van der Waals surface area contributed by atoms with E-state index >= 15 is 0 Å². The molecule has 104 valence electrons. The van der Waals surface area contributed by atoms with Gasteiger partial charge < -0.3 is 9.84 Å². The van der Waals surface area contributed by atoms with E-state index < -0.39 is 0 Å². The fourth-order valence-corrected chi connectivity index (χ4v) is 1.92. The predicted octanol–water partition coefficient (Wildman–Crippen LogP) is 1.58. The van der Waals surface area contributed by atoms with E-state index in [0.717, 1.165) is 37.9 Å². The molecule has 0 amide bonds. The van der Waals surface area contributed by atoms with E-state index in [0.29, 0.717) is 6.04 Å². The van der Waals surface area contributed by atoms with Crippen molar-refractivity contribution < 1.29 is 4.52 Å². The molecule has 1 aromatic rings. The van der Waals surface area contributed by atoms with Crippen LogP contribution in [0.1, 0.15) is 39.4 Å². The van der Waals surface area contributed by atoms with Crippen molar-refractivity contribution in [3.05, 3.63) is 11.7 Å². The standard InChI is InChI=1S/C12H22N4O.ClH/c1-9-7-13-5-6-16(9)8-10-14-11(17-15-10)12(2,3)4;/h9,13H,5-8H2,1-4H3;1H/t9-;/m0./s1. The molecule has 0 saturated carbocycles. The van der Waals surface area contributed by atoms with Crippen LogP contribution in [0.3, 0.4) is 0 Å². The highest BCUT2D eigenvalue weighted by molar-refractivity contribution is 5.85. The largest absolute Gasteiger partial charge is 0.339 e. The highest BCUT2D eigenvalue weighted by Gasteiger charge is 2.24. The molecule has 0 unspecified atom stereocenters. The van der Waals surface area contributed by atoms with Crippen LogP contribution < -0.4 is 5.32 Å². The summed E-state index contributed by atoms with van der Waals surface area (Å²) < 4.78 is 5.30. The highest BCUT2D eigenvalue weighted by Crippen LogP contribution is 2.20. The van der Waals surface area contributed by atoms with Crippen LogP contribution in [0.15, 0.2) is 4.52 Å². The molecule has 1 atom stereocenters. The summed E-state index contributed by atoms with van der Waals surface area (Å²) in [5.74, 6) is 1.51. The molecule has 1 N–H and O–H groups in total.